The number of nitrogens with two attached hydrogens (primary N) is 1. The average molecular weight is 196 g/mol. The maximum Gasteiger partial charge on any atom is 0.0635 e. The molecule has 0 amide bonds. The Labute approximate surface area is 86.3 Å². The van der Waals surface area contributed by atoms with E-state index in [2.05, 4.69) is 11.9 Å². The summed E-state index contributed by atoms with van der Waals surface area (Å²) in [4.78, 5) is 0. The highest BCUT2D eigenvalue weighted by Crippen LogP contribution is 2.02. The van der Waals surface area contributed by atoms with E-state index in [0.717, 1.165) is 17.8 Å². The average Bonchev–Trinajstić information content (AvgIpc) is 2.16. The molecule has 3 heteroatoms. The summed E-state index contributed by atoms with van der Waals surface area (Å²) in [5.74, 6) is 0. The highest BCUT2D eigenvalue weighted by Gasteiger charge is 1.94. The van der Waals surface area contributed by atoms with Crippen LogP contribution >= 0.6 is 0 Å². The van der Waals surface area contributed by atoms with Gasteiger partial charge < -0.3 is 15.8 Å². The first-order chi connectivity index (χ1) is 6.61. The molecule has 0 atom stereocenters. The fourth-order valence-electron chi connectivity index (χ4n) is 0.825. The normalized spacial score (nSPS) is 12.8. The monoisotopic (exact) mass is 196 g/mol. The highest BCUT2D eigenvalue weighted by molar-refractivity contribution is 5.31. The molecule has 14 heavy (non-hydrogen) atoms. The van der Waals surface area contributed by atoms with Gasteiger partial charge in [-0.05, 0) is 25.5 Å². The van der Waals surface area contributed by atoms with Crippen LogP contribution in [0.3, 0.4) is 0 Å². The second-order valence-corrected chi connectivity index (χ2v) is 3.04. The van der Waals surface area contributed by atoms with Gasteiger partial charge in [-0.3, -0.25) is 0 Å². The molecule has 0 saturated carbocycles. The van der Waals surface area contributed by atoms with Gasteiger partial charge in [0.05, 0.1) is 6.61 Å². The van der Waals surface area contributed by atoms with E-state index in [1.165, 1.54) is 0 Å². The van der Waals surface area contributed by atoms with Crippen molar-refractivity contribution in [3.63, 3.8) is 0 Å². The zero-order valence-corrected chi connectivity index (χ0v) is 9.26. The molecule has 0 fully saturated rings. The molecule has 0 aromatic rings. The molecule has 0 aromatic carbocycles. The first-order valence-corrected chi connectivity index (χ1v) is 4.64. The fraction of sp³-hybridized carbons (Fsp3) is 0.455. The Morgan fingerprint density at radius 3 is 2.64 bits per heavy atom. The van der Waals surface area contributed by atoms with Crippen molar-refractivity contribution in [2.45, 2.75) is 13.8 Å². The molecule has 3 N–H and O–H groups in total. The third-order valence-electron chi connectivity index (χ3n) is 1.75. The van der Waals surface area contributed by atoms with Crippen LogP contribution in [0.15, 0.2) is 35.7 Å². The van der Waals surface area contributed by atoms with E-state index in [1.54, 1.807) is 7.11 Å². The lowest BCUT2D eigenvalue weighted by Crippen LogP contribution is -2.18. The Hall–Kier alpha value is -1.22. The van der Waals surface area contributed by atoms with Crippen molar-refractivity contribution in [1.29, 1.82) is 0 Å². The number of methoxy groups -OCH3 is 1. The summed E-state index contributed by atoms with van der Waals surface area (Å²) < 4.78 is 4.93. The summed E-state index contributed by atoms with van der Waals surface area (Å²) in [6.45, 7) is 9.06. The molecular weight excluding hydrogens is 176 g/mol. The summed E-state index contributed by atoms with van der Waals surface area (Å²) >= 11 is 0. The van der Waals surface area contributed by atoms with Gasteiger partial charge in [-0.1, -0.05) is 12.7 Å². The van der Waals surface area contributed by atoms with Crippen LogP contribution in [0.2, 0.25) is 0 Å². The molecule has 0 aliphatic carbocycles. The van der Waals surface area contributed by atoms with Crippen molar-refractivity contribution >= 4 is 0 Å². The standard InChI is InChI=1S/C11H20N2O/c1-5-10(13-6-7-14-4)8-11(12)9(2)3/h5,8,13H,2,6-7,12H2,1,3-4H3/b10-5+,11-8+. The third-order valence-corrected chi connectivity index (χ3v) is 1.75. The third kappa shape index (κ3) is 5.43. The highest BCUT2D eigenvalue weighted by atomic mass is 16.5. The number of ether oxygens (including phenoxy) is 1. The van der Waals surface area contributed by atoms with Crippen molar-refractivity contribution in [3.05, 3.63) is 35.7 Å². The van der Waals surface area contributed by atoms with Gasteiger partial charge >= 0.3 is 0 Å². The molecule has 0 heterocycles. The van der Waals surface area contributed by atoms with E-state index in [-0.39, 0.29) is 0 Å². The van der Waals surface area contributed by atoms with Gasteiger partial charge in [0.25, 0.3) is 0 Å². The van der Waals surface area contributed by atoms with Gasteiger partial charge in [0.2, 0.25) is 0 Å². The molecule has 0 aromatic heterocycles. The topological polar surface area (TPSA) is 47.3 Å². The molecule has 80 valence electrons. The minimum absolute atomic E-state index is 0.679. The number of hydrogen-bond acceptors (Lipinski definition) is 3. The van der Waals surface area contributed by atoms with Crippen LogP contribution in [0.4, 0.5) is 0 Å². The Kier molecular flexibility index (Phi) is 6.58. The first-order valence-electron chi connectivity index (χ1n) is 4.64. The lowest BCUT2D eigenvalue weighted by molar-refractivity contribution is 0.202. The Morgan fingerprint density at radius 2 is 2.21 bits per heavy atom. The minimum Gasteiger partial charge on any atom is -0.398 e. The smallest absolute Gasteiger partial charge is 0.0635 e. The minimum atomic E-state index is 0.679. The predicted octanol–water partition coefficient (Wildman–Crippen LogP) is 1.54. The van der Waals surface area contributed by atoms with Crippen molar-refractivity contribution < 1.29 is 4.74 Å². The summed E-state index contributed by atoms with van der Waals surface area (Å²) in [5, 5.41) is 3.19. The number of rotatable bonds is 6. The molecule has 0 aliphatic rings. The van der Waals surface area contributed by atoms with Gasteiger partial charge in [-0.2, -0.15) is 0 Å². The zero-order valence-electron chi connectivity index (χ0n) is 9.26. The van der Waals surface area contributed by atoms with E-state index in [0.29, 0.717) is 12.3 Å². The molecule has 0 rings (SSSR count). The van der Waals surface area contributed by atoms with E-state index in [4.69, 9.17) is 10.5 Å². The predicted molar refractivity (Wildman–Crippen MR) is 60.7 cm³/mol. The molecule has 0 saturated heterocycles. The van der Waals surface area contributed by atoms with Crippen LogP contribution in [-0.4, -0.2) is 20.3 Å². The molecular formula is C11H20N2O. The lowest BCUT2D eigenvalue weighted by atomic mass is 10.2. The van der Waals surface area contributed by atoms with Gasteiger partial charge in [-0.15, -0.1) is 0 Å². The molecule has 0 unspecified atom stereocenters. The van der Waals surface area contributed by atoms with Crippen molar-refractivity contribution in [1.82, 2.24) is 5.32 Å². The van der Waals surface area contributed by atoms with Crippen LogP contribution in [0.1, 0.15) is 13.8 Å². The van der Waals surface area contributed by atoms with E-state index in [1.807, 2.05) is 26.0 Å². The summed E-state index contributed by atoms with van der Waals surface area (Å²) in [5.41, 5.74) is 8.31. The molecule has 0 radical (unpaired) electrons. The van der Waals surface area contributed by atoms with Gasteiger partial charge in [0.15, 0.2) is 0 Å². The van der Waals surface area contributed by atoms with Crippen molar-refractivity contribution in [2.75, 3.05) is 20.3 Å². The summed E-state index contributed by atoms with van der Waals surface area (Å²) in [6.07, 6.45) is 3.84. The van der Waals surface area contributed by atoms with Crippen LogP contribution in [0.25, 0.3) is 0 Å². The number of nitrogens with one attached hydrogen (secondary N) is 1. The van der Waals surface area contributed by atoms with Crippen LogP contribution in [-0.2, 0) is 4.74 Å². The second-order valence-electron chi connectivity index (χ2n) is 3.04. The Balaban J connectivity index is 4.17. The summed E-state index contributed by atoms with van der Waals surface area (Å²) in [7, 11) is 1.68. The number of allylic oxidation sites excluding steroid dienone is 3. The van der Waals surface area contributed by atoms with Crippen LogP contribution in [0, 0.1) is 0 Å². The Morgan fingerprint density at radius 1 is 1.57 bits per heavy atom. The maximum atomic E-state index is 5.75. The SMILES string of the molecule is C=C(C)/C(N)=C\C(=C/C)NCCOC. The molecule has 0 aliphatic heterocycles. The lowest BCUT2D eigenvalue weighted by Gasteiger charge is -2.07. The Bertz CT molecular complexity index is 242. The van der Waals surface area contributed by atoms with Crippen LogP contribution < -0.4 is 11.1 Å². The van der Waals surface area contributed by atoms with Crippen molar-refractivity contribution in [2.24, 2.45) is 5.73 Å². The van der Waals surface area contributed by atoms with Gasteiger partial charge in [0, 0.05) is 25.0 Å². The zero-order chi connectivity index (χ0) is 11.0. The van der Waals surface area contributed by atoms with E-state index in [9.17, 15) is 0 Å². The molecule has 3 nitrogen and oxygen atoms in total. The number of hydrogen-bond donors (Lipinski definition) is 2. The first kappa shape index (κ1) is 12.8. The largest absolute Gasteiger partial charge is 0.398 e. The van der Waals surface area contributed by atoms with Gasteiger partial charge in [0.1, 0.15) is 0 Å². The van der Waals surface area contributed by atoms with Crippen LogP contribution in [0.5, 0.6) is 0 Å². The van der Waals surface area contributed by atoms with E-state index >= 15 is 0 Å². The quantitative estimate of drug-likeness (QED) is 0.500. The van der Waals surface area contributed by atoms with Gasteiger partial charge in [-0.25, -0.2) is 0 Å². The maximum absolute atomic E-state index is 5.75. The molecule has 0 spiro atoms. The van der Waals surface area contributed by atoms with E-state index < -0.39 is 0 Å². The van der Waals surface area contributed by atoms with Crippen molar-refractivity contribution in [3.8, 4) is 0 Å². The molecule has 0 bridgehead atoms. The second kappa shape index (κ2) is 7.21. The fourth-order valence-corrected chi connectivity index (χ4v) is 0.825. The summed E-state index contributed by atoms with van der Waals surface area (Å²) in [6, 6.07) is 0.